The minimum absolute atomic E-state index is 0.244. The molecule has 2 N–H and O–H groups in total. The third kappa shape index (κ3) is 6.36. The Bertz CT molecular complexity index is 1300. The molecule has 0 heterocycles. The molecule has 34 heavy (non-hydrogen) atoms. The van der Waals surface area contributed by atoms with E-state index in [2.05, 4.69) is 10.6 Å². The van der Waals surface area contributed by atoms with Crippen molar-refractivity contribution in [2.75, 3.05) is 22.4 Å². The average molecular weight is 500 g/mol. The Hall–Kier alpha value is -3.36. The smallest absolute Gasteiger partial charge is 0.253 e. The molecule has 0 aliphatic heterocycles. The lowest BCUT2D eigenvalue weighted by Crippen LogP contribution is -2.38. The van der Waals surface area contributed by atoms with Gasteiger partial charge in [0, 0.05) is 5.02 Å². The Morgan fingerprint density at radius 3 is 2.29 bits per heavy atom. The zero-order valence-electron chi connectivity index (χ0n) is 19.1. The molecule has 0 fully saturated rings. The summed E-state index contributed by atoms with van der Waals surface area (Å²) in [5, 5.41) is 6.06. The SMILES string of the molecule is Cc1cc(Cl)ccc1N(CC(=O)Nc1ccccc1C(=O)N[C@H](C)c1ccccc1)S(C)(=O)=O. The predicted molar refractivity (Wildman–Crippen MR) is 136 cm³/mol. The molecule has 9 heteroatoms. The van der Waals surface area contributed by atoms with E-state index < -0.39 is 22.5 Å². The standard InChI is InChI=1S/C25H26ClN3O4S/c1-17-15-20(26)13-14-23(17)29(34(3,32)33)16-24(30)28-22-12-8-7-11-21(22)25(31)27-18(2)19-9-5-4-6-10-19/h4-15,18H,16H2,1-3H3,(H,27,31)(H,28,30)/t18-/m1/s1. The van der Waals surface area contributed by atoms with E-state index in [1.165, 1.54) is 0 Å². The van der Waals surface area contributed by atoms with Crippen molar-refractivity contribution in [1.82, 2.24) is 5.32 Å². The van der Waals surface area contributed by atoms with Crippen LogP contribution in [0.15, 0.2) is 72.8 Å². The maximum atomic E-state index is 12.9. The van der Waals surface area contributed by atoms with Gasteiger partial charge in [0.2, 0.25) is 15.9 Å². The maximum Gasteiger partial charge on any atom is 0.253 e. The van der Waals surface area contributed by atoms with Gasteiger partial charge in [-0.1, -0.05) is 54.1 Å². The van der Waals surface area contributed by atoms with Crippen molar-refractivity contribution in [2.24, 2.45) is 0 Å². The molecule has 0 aliphatic carbocycles. The summed E-state index contributed by atoms with van der Waals surface area (Å²) in [5.74, 6) is -0.947. The topological polar surface area (TPSA) is 95.6 Å². The molecule has 0 unspecified atom stereocenters. The molecule has 2 amide bonds. The molecular weight excluding hydrogens is 474 g/mol. The molecule has 0 aliphatic rings. The number of sulfonamides is 1. The molecule has 0 bridgehead atoms. The van der Waals surface area contributed by atoms with Crippen LogP contribution < -0.4 is 14.9 Å². The Kier molecular flexibility index (Phi) is 7.96. The zero-order chi connectivity index (χ0) is 24.9. The van der Waals surface area contributed by atoms with Gasteiger partial charge in [-0.25, -0.2) is 8.42 Å². The number of halogens is 1. The minimum atomic E-state index is -3.76. The van der Waals surface area contributed by atoms with Crippen molar-refractivity contribution < 1.29 is 18.0 Å². The number of nitrogens with zero attached hydrogens (tertiary/aromatic N) is 1. The number of nitrogens with one attached hydrogen (secondary N) is 2. The van der Waals surface area contributed by atoms with Gasteiger partial charge in [-0.2, -0.15) is 0 Å². The Labute approximate surface area is 204 Å². The van der Waals surface area contributed by atoms with Crippen LogP contribution in [0.2, 0.25) is 5.02 Å². The Morgan fingerprint density at radius 2 is 1.65 bits per heavy atom. The number of amides is 2. The minimum Gasteiger partial charge on any atom is -0.345 e. The fraction of sp³-hybridized carbons (Fsp3) is 0.200. The van der Waals surface area contributed by atoms with Crippen molar-refractivity contribution in [3.05, 3.63) is 94.5 Å². The largest absolute Gasteiger partial charge is 0.345 e. The monoisotopic (exact) mass is 499 g/mol. The number of anilines is 2. The fourth-order valence-electron chi connectivity index (χ4n) is 3.49. The summed E-state index contributed by atoms with van der Waals surface area (Å²) >= 11 is 5.99. The van der Waals surface area contributed by atoms with Crippen LogP contribution in [0.3, 0.4) is 0 Å². The normalized spacial score (nSPS) is 12.0. The maximum absolute atomic E-state index is 12.9. The van der Waals surface area contributed by atoms with Crippen molar-refractivity contribution in [2.45, 2.75) is 19.9 Å². The summed E-state index contributed by atoms with van der Waals surface area (Å²) in [6.45, 7) is 3.12. The number of hydrogen-bond acceptors (Lipinski definition) is 4. The Balaban J connectivity index is 1.79. The molecule has 178 valence electrons. The zero-order valence-corrected chi connectivity index (χ0v) is 20.7. The molecule has 7 nitrogen and oxygen atoms in total. The highest BCUT2D eigenvalue weighted by molar-refractivity contribution is 7.92. The molecule has 1 atom stereocenters. The molecule has 0 aromatic heterocycles. The van der Waals surface area contributed by atoms with E-state index in [1.54, 1.807) is 49.4 Å². The second-order valence-corrected chi connectivity index (χ2v) is 10.2. The van der Waals surface area contributed by atoms with E-state index in [9.17, 15) is 18.0 Å². The van der Waals surface area contributed by atoms with Crippen LogP contribution in [0.1, 0.15) is 34.5 Å². The van der Waals surface area contributed by atoms with E-state index in [1.807, 2.05) is 37.3 Å². The quantitative estimate of drug-likeness (QED) is 0.475. The van der Waals surface area contributed by atoms with Crippen molar-refractivity contribution >= 4 is 44.8 Å². The summed E-state index contributed by atoms with van der Waals surface area (Å²) < 4.78 is 25.9. The van der Waals surface area contributed by atoms with Crippen molar-refractivity contribution in [3.8, 4) is 0 Å². The first-order valence-corrected chi connectivity index (χ1v) is 12.8. The molecular formula is C25H26ClN3O4S. The number of carbonyl (C=O) groups excluding carboxylic acids is 2. The van der Waals surface area contributed by atoms with E-state index in [4.69, 9.17) is 11.6 Å². The fourth-order valence-corrected chi connectivity index (χ4v) is 4.63. The van der Waals surface area contributed by atoms with Gasteiger partial charge < -0.3 is 10.6 Å². The summed E-state index contributed by atoms with van der Waals surface area (Å²) in [7, 11) is -3.76. The molecule has 0 radical (unpaired) electrons. The van der Waals surface area contributed by atoms with Crippen molar-refractivity contribution in [3.63, 3.8) is 0 Å². The van der Waals surface area contributed by atoms with Gasteiger partial charge >= 0.3 is 0 Å². The second-order valence-electron chi connectivity index (χ2n) is 7.90. The van der Waals surface area contributed by atoms with Gasteiger partial charge in [-0.05, 0) is 55.3 Å². The Morgan fingerprint density at radius 1 is 1.00 bits per heavy atom. The molecule has 0 saturated carbocycles. The van der Waals surface area contributed by atoms with Gasteiger partial charge in [0.1, 0.15) is 6.54 Å². The summed E-state index contributed by atoms with van der Waals surface area (Å²) in [6.07, 6.45) is 1.03. The van der Waals surface area contributed by atoms with Crippen LogP contribution >= 0.6 is 11.6 Å². The van der Waals surface area contributed by atoms with Crippen LogP contribution in [0, 0.1) is 6.92 Å². The molecule has 0 spiro atoms. The highest BCUT2D eigenvalue weighted by Crippen LogP contribution is 2.26. The van der Waals surface area contributed by atoms with Gasteiger partial charge in [0.05, 0.1) is 29.2 Å². The lowest BCUT2D eigenvalue weighted by Gasteiger charge is -2.24. The highest BCUT2D eigenvalue weighted by Gasteiger charge is 2.23. The third-order valence-electron chi connectivity index (χ3n) is 5.21. The summed E-state index contributed by atoms with van der Waals surface area (Å²) in [4.78, 5) is 25.8. The lowest BCUT2D eigenvalue weighted by molar-refractivity contribution is -0.114. The van der Waals surface area contributed by atoms with E-state index in [0.717, 1.165) is 16.1 Å². The first-order valence-electron chi connectivity index (χ1n) is 10.5. The summed E-state index contributed by atoms with van der Waals surface area (Å²) in [5.41, 5.74) is 2.46. The molecule has 0 saturated heterocycles. The van der Waals surface area contributed by atoms with Gasteiger partial charge in [-0.3, -0.25) is 13.9 Å². The first-order chi connectivity index (χ1) is 16.1. The third-order valence-corrected chi connectivity index (χ3v) is 6.57. The van der Waals surface area contributed by atoms with Gasteiger partial charge in [0.15, 0.2) is 0 Å². The van der Waals surface area contributed by atoms with E-state index in [-0.39, 0.29) is 23.2 Å². The predicted octanol–water partition coefficient (Wildman–Crippen LogP) is 4.54. The van der Waals surface area contributed by atoms with Crippen molar-refractivity contribution in [1.29, 1.82) is 0 Å². The van der Waals surface area contributed by atoms with Crippen LogP contribution in [0.4, 0.5) is 11.4 Å². The second kappa shape index (κ2) is 10.7. The number of rotatable bonds is 8. The first kappa shape index (κ1) is 25.3. The number of hydrogen-bond donors (Lipinski definition) is 2. The highest BCUT2D eigenvalue weighted by atomic mass is 35.5. The number of para-hydroxylation sites is 1. The van der Waals surface area contributed by atoms with Crippen LogP contribution in [-0.4, -0.2) is 33.0 Å². The average Bonchev–Trinajstić information content (AvgIpc) is 2.78. The number of benzene rings is 3. The van der Waals surface area contributed by atoms with Gasteiger partial charge in [-0.15, -0.1) is 0 Å². The molecule has 3 rings (SSSR count). The lowest BCUT2D eigenvalue weighted by atomic mass is 10.1. The van der Waals surface area contributed by atoms with Crippen LogP contribution in [0.5, 0.6) is 0 Å². The van der Waals surface area contributed by atoms with E-state index >= 15 is 0 Å². The summed E-state index contributed by atoms with van der Waals surface area (Å²) in [6, 6.07) is 20.6. The van der Waals surface area contributed by atoms with Crippen LogP contribution in [0.25, 0.3) is 0 Å². The van der Waals surface area contributed by atoms with Gasteiger partial charge in [0.25, 0.3) is 5.91 Å². The van der Waals surface area contributed by atoms with E-state index in [0.29, 0.717) is 16.3 Å². The van der Waals surface area contributed by atoms with Crippen LogP contribution in [-0.2, 0) is 14.8 Å². The molecule has 3 aromatic rings. The number of aryl methyl sites for hydroxylation is 1. The number of carbonyl (C=O) groups is 2. The molecule has 3 aromatic carbocycles.